The van der Waals surface area contributed by atoms with Crippen LogP contribution in [0.3, 0.4) is 0 Å². The average molecular weight is 274 g/mol. The van der Waals surface area contributed by atoms with Gasteiger partial charge in [0.25, 0.3) is 0 Å². The van der Waals surface area contributed by atoms with Crippen LogP contribution in [-0.4, -0.2) is 4.43 Å². The van der Waals surface area contributed by atoms with Crippen LogP contribution in [0.2, 0.25) is 0 Å². The van der Waals surface area contributed by atoms with E-state index in [4.69, 9.17) is 0 Å². The second-order valence-corrected chi connectivity index (χ2v) is 4.77. The fraction of sp³-hybridized carbons (Fsp3) is 0.636. The number of alkyl halides is 1. The Bertz CT molecular complexity index is 237. The Labute approximate surface area is 88.3 Å². The van der Waals surface area contributed by atoms with E-state index in [1.807, 2.05) is 0 Å². The first-order valence-corrected chi connectivity index (χ1v) is 6.29. The van der Waals surface area contributed by atoms with Gasteiger partial charge in [0.2, 0.25) is 0 Å². The van der Waals surface area contributed by atoms with Gasteiger partial charge in [-0.05, 0) is 38.0 Å². The van der Waals surface area contributed by atoms with Crippen LogP contribution in [0.1, 0.15) is 26.2 Å². The SMILES string of the molecule is CC1=C2CCCC2C(CI)C=C1. The maximum atomic E-state index is 2.52. The van der Waals surface area contributed by atoms with Crippen LogP contribution < -0.4 is 0 Å². The van der Waals surface area contributed by atoms with Gasteiger partial charge in [0.1, 0.15) is 0 Å². The summed E-state index contributed by atoms with van der Waals surface area (Å²) in [4.78, 5) is 0. The van der Waals surface area contributed by atoms with Crippen molar-refractivity contribution in [1.82, 2.24) is 0 Å². The molecule has 0 nitrogen and oxygen atoms in total. The fourth-order valence-corrected chi connectivity index (χ4v) is 3.41. The van der Waals surface area contributed by atoms with Crippen molar-refractivity contribution in [3.05, 3.63) is 23.3 Å². The topological polar surface area (TPSA) is 0 Å². The molecule has 1 fully saturated rings. The van der Waals surface area contributed by atoms with Crippen molar-refractivity contribution in [3.63, 3.8) is 0 Å². The molecule has 1 heteroatoms. The van der Waals surface area contributed by atoms with Crippen molar-refractivity contribution in [2.45, 2.75) is 26.2 Å². The Kier molecular flexibility index (Phi) is 2.58. The fourth-order valence-electron chi connectivity index (χ4n) is 2.50. The van der Waals surface area contributed by atoms with Crippen molar-refractivity contribution in [1.29, 1.82) is 0 Å². The maximum absolute atomic E-state index is 2.52. The van der Waals surface area contributed by atoms with E-state index in [0.717, 1.165) is 11.8 Å². The summed E-state index contributed by atoms with van der Waals surface area (Å²) in [6, 6.07) is 0. The molecule has 66 valence electrons. The first-order chi connectivity index (χ1) is 5.83. The third kappa shape index (κ3) is 1.36. The monoisotopic (exact) mass is 274 g/mol. The average Bonchev–Trinajstić information content (AvgIpc) is 2.54. The number of hydrogen-bond donors (Lipinski definition) is 0. The van der Waals surface area contributed by atoms with Crippen LogP contribution in [0, 0.1) is 11.8 Å². The smallest absolute Gasteiger partial charge is 0.00642 e. The minimum Gasteiger partial charge on any atom is -0.0857 e. The normalized spacial score (nSPS) is 34.2. The van der Waals surface area contributed by atoms with Gasteiger partial charge in [0, 0.05) is 4.43 Å². The summed E-state index contributed by atoms with van der Waals surface area (Å²) in [6.45, 7) is 2.27. The molecule has 2 atom stereocenters. The van der Waals surface area contributed by atoms with E-state index in [1.165, 1.54) is 23.7 Å². The second-order valence-electron chi connectivity index (χ2n) is 3.88. The van der Waals surface area contributed by atoms with Gasteiger partial charge in [-0.2, -0.15) is 0 Å². The molecule has 2 unspecified atom stereocenters. The van der Waals surface area contributed by atoms with Crippen molar-refractivity contribution < 1.29 is 0 Å². The lowest BCUT2D eigenvalue weighted by Crippen LogP contribution is -2.16. The standard InChI is InChI=1S/C11H15I/c1-8-5-6-9(7-12)11-4-2-3-10(8)11/h5-6,9,11H,2-4,7H2,1H3. The van der Waals surface area contributed by atoms with Gasteiger partial charge in [-0.25, -0.2) is 0 Å². The number of fused-ring (bicyclic) bond motifs is 1. The molecule has 0 spiro atoms. The lowest BCUT2D eigenvalue weighted by molar-refractivity contribution is 0.500. The van der Waals surface area contributed by atoms with E-state index >= 15 is 0 Å². The van der Waals surface area contributed by atoms with E-state index < -0.39 is 0 Å². The first-order valence-electron chi connectivity index (χ1n) is 4.76. The van der Waals surface area contributed by atoms with E-state index in [1.54, 1.807) is 11.1 Å². The molecule has 1 saturated carbocycles. The molecule has 0 aromatic heterocycles. The molecule has 0 radical (unpaired) electrons. The minimum atomic E-state index is 0.840. The Morgan fingerprint density at radius 3 is 3.17 bits per heavy atom. The molecule has 12 heavy (non-hydrogen) atoms. The third-order valence-electron chi connectivity index (χ3n) is 3.20. The largest absolute Gasteiger partial charge is 0.0857 e. The van der Waals surface area contributed by atoms with Crippen LogP contribution >= 0.6 is 22.6 Å². The van der Waals surface area contributed by atoms with Gasteiger partial charge in [-0.1, -0.05) is 45.9 Å². The predicted molar refractivity (Wildman–Crippen MR) is 61.6 cm³/mol. The summed E-state index contributed by atoms with van der Waals surface area (Å²) < 4.78 is 1.29. The number of hydrogen-bond acceptors (Lipinski definition) is 0. The number of halogens is 1. The summed E-state index contributed by atoms with van der Waals surface area (Å²) in [5.41, 5.74) is 3.32. The minimum absolute atomic E-state index is 0.840. The van der Waals surface area contributed by atoms with E-state index in [2.05, 4.69) is 41.7 Å². The molecule has 0 bridgehead atoms. The highest BCUT2D eigenvalue weighted by Gasteiger charge is 2.29. The van der Waals surface area contributed by atoms with Gasteiger partial charge in [0.15, 0.2) is 0 Å². The van der Waals surface area contributed by atoms with Crippen LogP contribution in [-0.2, 0) is 0 Å². The summed E-state index contributed by atoms with van der Waals surface area (Å²) in [5, 5.41) is 0. The third-order valence-corrected chi connectivity index (χ3v) is 4.22. The number of rotatable bonds is 1. The van der Waals surface area contributed by atoms with Crippen LogP contribution in [0.15, 0.2) is 23.3 Å². The molecular weight excluding hydrogens is 259 g/mol. The Morgan fingerprint density at radius 1 is 1.58 bits per heavy atom. The Morgan fingerprint density at radius 2 is 2.42 bits per heavy atom. The molecule has 0 saturated heterocycles. The quantitative estimate of drug-likeness (QED) is 0.505. The molecule has 2 rings (SSSR count). The summed E-state index contributed by atoms with van der Waals surface area (Å²) in [5.74, 6) is 1.75. The zero-order valence-electron chi connectivity index (χ0n) is 7.52. The van der Waals surface area contributed by atoms with E-state index in [9.17, 15) is 0 Å². The van der Waals surface area contributed by atoms with Crippen LogP contribution in [0.4, 0.5) is 0 Å². The van der Waals surface area contributed by atoms with E-state index in [0.29, 0.717) is 0 Å². The molecule has 0 aromatic rings. The van der Waals surface area contributed by atoms with Crippen LogP contribution in [0.25, 0.3) is 0 Å². The zero-order valence-corrected chi connectivity index (χ0v) is 9.67. The van der Waals surface area contributed by atoms with Gasteiger partial charge in [-0.3, -0.25) is 0 Å². The molecule has 0 aliphatic heterocycles. The summed E-state index contributed by atoms with van der Waals surface area (Å²) >= 11 is 2.52. The Balaban J connectivity index is 2.27. The summed E-state index contributed by atoms with van der Waals surface area (Å²) in [7, 11) is 0. The van der Waals surface area contributed by atoms with Gasteiger partial charge in [-0.15, -0.1) is 0 Å². The molecule has 0 heterocycles. The molecule has 0 amide bonds. The highest BCUT2D eigenvalue weighted by atomic mass is 127. The van der Waals surface area contributed by atoms with Gasteiger partial charge in [0.05, 0.1) is 0 Å². The highest BCUT2D eigenvalue weighted by molar-refractivity contribution is 14.1. The van der Waals surface area contributed by atoms with E-state index in [-0.39, 0.29) is 0 Å². The highest BCUT2D eigenvalue weighted by Crippen LogP contribution is 2.42. The first kappa shape index (κ1) is 8.79. The van der Waals surface area contributed by atoms with Gasteiger partial charge < -0.3 is 0 Å². The molecule has 0 N–H and O–H groups in total. The molecule has 2 aliphatic rings. The second kappa shape index (κ2) is 3.52. The molecule has 2 aliphatic carbocycles. The molecular formula is C11H15I. The van der Waals surface area contributed by atoms with Crippen molar-refractivity contribution >= 4 is 22.6 Å². The summed E-state index contributed by atoms with van der Waals surface area (Å²) in [6.07, 6.45) is 8.98. The lowest BCUT2D eigenvalue weighted by atomic mass is 9.82. The Hall–Kier alpha value is 0.210. The molecule has 0 aromatic carbocycles. The predicted octanol–water partition coefficient (Wildman–Crippen LogP) is 3.72. The van der Waals surface area contributed by atoms with Crippen molar-refractivity contribution in [2.75, 3.05) is 4.43 Å². The van der Waals surface area contributed by atoms with Crippen molar-refractivity contribution in [3.8, 4) is 0 Å². The number of allylic oxidation sites excluding steroid dienone is 4. The van der Waals surface area contributed by atoms with Crippen molar-refractivity contribution in [2.24, 2.45) is 11.8 Å². The lowest BCUT2D eigenvalue weighted by Gasteiger charge is -2.24. The van der Waals surface area contributed by atoms with Crippen LogP contribution in [0.5, 0.6) is 0 Å². The maximum Gasteiger partial charge on any atom is 0.00642 e. The zero-order chi connectivity index (χ0) is 8.55. The van der Waals surface area contributed by atoms with Gasteiger partial charge >= 0.3 is 0 Å².